The Bertz CT molecular complexity index is 527. The maximum absolute atomic E-state index is 11.6. The number of rotatable bonds is 1. The van der Waals surface area contributed by atoms with E-state index in [9.17, 15) is 4.79 Å². The number of nitrogens with zero attached hydrogens (tertiary/aromatic N) is 3. The standard InChI is InChI=1S/C10H9N3OS/c1-13-6-7-15-10(13)12-9(14)8-4-2-3-5-11-8/h2-7H,1H3. The molecular formula is C10H9N3OS. The summed E-state index contributed by atoms with van der Waals surface area (Å²) in [6, 6.07) is 5.19. The van der Waals surface area contributed by atoms with Crippen molar-refractivity contribution in [3.63, 3.8) is 0 Å². The summed E-state index contributed by atoms with van der Waals surface area (Å²) in [5, 5.41) is 1.88. The summed E-state index contributed by atoms with van der Waals surface area (Å²) in [4.78, 5) is 20.2. The van der Waals surface area contributed by atoms with E-state index in [1.807, 2.05) is 18.6 Å². The van der Waals surface area contributed by atoms with Crippen molar-refractivity contribution in [2.45, 2.75) is 0 Å². The minimum absolute atomic E-state index is 0.311. The SMILES string of the molecule is Cn1ccsc1=NC(=O)c1ccccn1. The summed E-state index contributed by atoms with van der Waals surface area (Å²) in [6.45, 7) is 0. The molecule has 4 nitrogen and oxygen atoms in total. The van der Waals surface area contributed by atoms with E-state index >= 15 is 0 Å². The lowest BCUT2D eigenvalue weighted by Gasteiger charge is -1.92. The Hall–Kier alpha value is -1.75. The minimum Gasteiger partial charge on any atom is -0.327 e. The van der Waals surface area contributed by atoms with Crippen molar-refractivity contribution in [1.29, 1.82) is 0 Å². The Balaban J connectivity index is 2.36. The van der Waals surface area contributed by atoms with Crippen molar-refractivity contribution in [2.75, 3.05) is 0 Å². The molecule has 0 fully saturated rings. The van der Waals surface area contributed by atoms with Crippen LogP contribution < -0.4 is 4.80 Å². The van der Waals surface area contributed by atoms with Gasteiger partial charge in [0.15, 0.2) is 4.80 Å². The first kappa shape index (κ1) is 9.79. The number of carbonyl (C=O) groups excluding carboxylic acids is 1. The normalized spacial score (nSPS) is 11.7. The van der Waals surface area contributed by atoms with Gasteiger partial charge in [0, 0.05) is 24.8 Å². The molecule has 0 saturated carbocycles. The molecule has 76 valence electrons. The number of amides is 1. The van der Waals surface area contributed by atoms with Crippen LogP contribution in [0.2, 0.25) is 0 Å². The molecule has 1 amide bonds. The molecule has 0 bridgehead atoms. The summed E-state index contributed by atoms with van der Waals surface area (Å²) < 4.78 is 1.80. The zero-order valence-corrected chi connectivity index (χ0v) is 8.94. The van der Waals surface area contributed by atoms with Crippen LogP contribution in [0.15, 0.2) is 41.0 Å². The monoisotopic (exact) mass is 219 g/mol. The highest BCUT2D eigenvalue weighted by Crippen LogP contribution is 1.96. The van der Waals surface area contributed by atoms with Crippen molar-refractivity contribution >= 4 is 17.2 Å². The van der Waals surface area contributed by atoms with Crippen molar-refractivity contribution in [3.8, 4) is 0 Å². The van der Waals surface area contributed by atoms with Gasteiger partial charge in [0.1, 0.15) is 5.69 Å². The summed E-state index contributed by atoms with van der Waals surface area (Å²) in [6.07, 6.45) is 3.44. The molecule has 0 N–H and O–H groups in total. The lowest BCUT2D eigenvalue weighted by Crippen LogP contribution is -2.13. The van der Waals surface area contributed by atoms with Gasteiger partial charge < -0.3 is 4.57 Å². The van der Waals surface area contributed by atoms with Gasteiger partial charge in [0.25, 0.3) is 5.91 Å². The molecule has 0 aliphatic carbocycles. The number of pyridine rings is 1. The first-order valence-corrected chi connectivity index (χ1v) is 5.25. The molecule has 0 aliphatic heterocycles. The van der Waals surface area contributed by atoms with Crippen LogP contribution in [-0.2, 0) is 7.05 Å². The van der Waals surface area contributed by atoms with E-state index in [4.69, 9.17) is 0 Å². The largest absolute Gasteiger partial charge is 0.327 e. The Kier molecular flexibility index (Phi) is 2.73. The molecule has 0 aromatic carbocycles. The van der Waals surface area contributed by atoms with Gasteiger partial charge in [-0.1, -0.05) is 6.07 Å². The zero-order valence-electron chi connectivity index (χ0n) is 8.12. The number of carbonyl (C=O) groups is 1. The lowest BCUT2D eigenvalue weighted by molar-refractivity contribution is 0.0993. The highest BCUT2D eigenvalue weighted by atomic mass is 32.1. The van der Waals surface area contributed by atoms with Crippen LogP contribution in [0.25, 0.3) is 0 Å². The van der Waals surface area contributed by atoms with Crippen LogP contribution >= 0.6 is 11.3 Å². The Morgan fingerprint density at radius 2 is 2.40 bits per heavy atom. The van der Waals surface area contributed by atoms with E-state index in [-0.39, 0.29) is 5.91 Å². The van der Waals surface area contributed by atoms with E-state index < -0.39 is 0 Å². The molecule has 2 heterocycles. The van der Waals surface area contributed by atoms with E-state index in [0.29, 0.717) is 10.5 Å². The molecule has 5 heteroatoms. The third-order valence-electron chi connectivity index (χ3n) is 1.84. The van der Waals surface area contributed by atoms with Crippen LogP contribution in [0.5, 0.6) is 0 Å². The third kappa shape index (κ3) is 2.19. The van der Waals surface area contributed by atoms with Crippen molar-refractivity contribution < 1.29 is 4.79 Å². The van der Waals surface area contributed by atoms with Gasteiger partial charge in [-0.2, -0.15) is 4.99 Å². The molecule has 15 heavy (non-hydrogen) atoms. The van der Waals surface area contributed by atoms with Gasteiger partial charge in [-0.3, -0.25) is 9.78 Å². The Morgan fingerprint density at radius 1 is 1.53 bits per heavy atom. The summed E-state index contributed by atoms with van der Waals surface area (Å²) in [7, 11) is 1.85. The topological polar surface area (TPSA) is 47.2 Å². The Labute approximate surface area is 90.6 Å². The van der Waals surface area contributed by atoms with E-state index in [2.05, 4.69) is 9.98 Å². The van der Waals surface area contributed by atoms with Gasteiger partial charge in [0.2, 0.25) is 0 Å². The van der Waals surface area contributed by atoms with Gasteiger partial charge in [-0.05, 0) is 12.1 Å². The van der Waals surface area contributed by atoms with Crippen LogP contribution in [0.4, 0.5) is 0 Å². The highest BCUT2D eigenvalue weighted by molar-refractivity contribution is 7.07. The lowest BCUT2D eigenvalue weighted by atomic mass is 10.3. The average molecular weight is 219 g/mol. The van der Waals surface area contributed by atoms with E-state index in [1.165, 1.54) is 11.3 Å². The molecular weight excluding hydrogens is 210 g/mol. The minimum atomic E-state index is -0.311. The van der Waals surface area contributed by atoms with E-state index in [1.54, 1.807) is 29.0 Å². The Morgan fingerprint density at radius 3 is 3.00 bits per heavy atom. The second kappa shape index (κ2) is 4.18. The molecule has 2 aromatic rings. The van der Waals surface area contributed by atoms with Crippen molar-refractivity contribution in [3.05, 3.63) is 46.5 Å². The molecule has 0 spiro atoms. The number of aryl methyl sites for hydroxylation is 1. The smallest absolute Gasteiger partial charge is 0.298 e. The molecule has 0 aliphatic rings. The van der Waals surface area contributed by atoms with Crippen molar-refractivity contribution in [1.82, 2.24) is 9.55 Å². The quantitative estimate of drug-likeness (QED) is 0.724. The molecule has 2 rings (SSSR count). The van der Waals surface area contributed by atoms with Crippen LogP contribution in [0.1, 0.15) is 10.5 Å². The van der Waals surface area contributed by atoms with Gasteiger partial charge in [-0.25, -0.2) is 0 Å². The van der Waals surface area contributed by atoms with Gasteiger partial charge >= 0.3 is 0 Å². The second-order valence-corrected chi connectivity index (χ2v) is 3.80. The highest BCUT2D eigenvalue weighted by Gasteiger charge is 2.03. The van der Waals surface area contributed by atoms with Gasteiger partial charge in [0.05, 0.1) is 0 Å². The molecule has 0 unspecified atom stereocenters. The van der Waals surface area contributed by atoms with E-state index in [0.717, 1.165) is 0 Å². The third-order valence-corrected chi connectivity index (χ3v) is 2.69. The molecule has 2 aromatic heterocycles. The number of hydrogen-bond donors (Lipinski definition) is 0. The molecule has 0 atom stereocenters. The summed E-state index contributed by atoms with van der Waals surface area (Å²) in [5.74, 6) is -0.311. The summed E-state index contributed by atoms with van der Waals surface area (Å²) >= 11 is 1.42. The maximum atomic E-state index is 11.6. The number of hydrogen-bond acceptors (Lipinski definition) is 3. The zero-order chi connectivity index (χ0) is 10.7. The van der Waals surface area contributed by atoms with Crippen molar-refractivity contribution in [2.24, 2.45) is 12.0 Å². The first-order valence-electron chi connectivity index (χ1n) is 4.37. The summed E-state index contributed by atoms with van der Waals surface area (Å²) in [5.41, 5.74) is 0.367. The number of thiazole rings is 1. The maximum Gasteiger partial charge on any atom is 0.298 e. The fraction of sp³-hybridized carbons (Fsp3) is 0.100. The molecule has 0 saturated heterocycles. The second-order valence-electron chi connectivity index (χ2n) is 2.93. The average Bonchev–Trinajstić information content (AvgIpc) is 2.66. The predicted octanol–water partition coefficient (Wildman–Crippen LogP) is 1.22. The number of aromatic nitrogens is 2. The van der Waals surface area contributed by atoms with Crippen LogP contribution in [-0.4, -0.2) is 15.5 Å². The molecule has 0 radical (unpaired) electrons. The first-order chi connectivity index (χ1) is 7.27. The predicted molar refractivity (Wildman–Crippen MR) is 57.4 cm³/mol. The fourth-order valence-corrected chi connectivity index (χ4v) is 1.80. The van der Waals surface area contributed by atoms with Gasteiger partial charge in [-0.15, -0.1) is 11.3 Å². The van der Waals surface area contributed by atoms with Crippen LogP contribution in [0, 0.1) is 0 Å². The fourth-order valence-electron chi connectivity index (χ4n) is 1.07. The van der Waals surface area contributed by atoms with Crippen LogP contribution in [0.3, 0.4) is 0 Å².